The summed E-state index contributed by atoms with van der Waals surface area (Å²) < 4.78 is 34.5. The number of carbonyl (C=O) groups is 2. The summed E-state index contributed by atoms with van der Waals surface area (Å²) in [4.78, 5) is 33.9. The highest BCUT2D eigenvalue weighted by Gasteiger charge is 2.25. The van der Waals surface area contributed by atoms with Gasteiger partial charge in [0.1, 0.15) is 23.2 Å². The molecule has 0 saturated carbocycles. The molecule has 2 aliphatic rings. The van der Waals surface area contributed by atoms with Gasteiger partial charge in [-0.25, -0.2) is 4.79 Å². The average molecular weight is 646 g/mol. The van der Waals surface area contributed by atoms with Gasteiger partial charge in [-0.15, -0.1) is 0 Å². The van der Waals surface area contributed by atoms with Gasteiger partial charge in [-0.2, -0.15) is 0 Å². The molecule has 3 rings (SSSR count). The molecule has 2 heterocycles. The van der Waals surface area contributed by atoms with Gasteiger partial charge < -0.3 is 43.9 Å². The molecule has 1 unspecified atom stereocenters. The normalized spacial score (nSPS) is 21.5. The van der Waals surface area contributed by atoms with E-state index in [4.69, 9.17) is 39.0 Å². The van der Waals surface area contributed by atoms with E-state index in [-0.39, 0.29) is 49.9 Å². The van der Waals surface area contributed by atoms with Crippen molar-refractivity contribution >= 4 is 17.6 Å². The first-order chi connectivity index (χ1) is 22.4. The molecule has 46 heavy (non-hydrogen) atoms. The highest BCUT2D eigenvalue weighted by atomic mass is 16.7. The first-order valence-electron chi connectivity index (χ1n) is 16.4. The van der Waals surface area contributed by atoms with Gasteiger partial charge in [0.15, 0.2) is 20.2 Å². The first kappa shape index (κ1) is 37.0. The van der Waals surface area contributed by atoms with Crippen LogP contribution in [0.25, 0.3) is 0 Å². The Labute approximate surface area is 272 Å². The van der Waals surface area contributed by atoms with Crippen LogP contribution in [0.4, 0.5) is 0 Å². The Morgan fingerprint density at radius 3 is 2.54 bits per heavy atom. The van der Waals surface area contributed by atoms with E-state index in [1.807, 2.05) is 45.1 Å². The van der Waals surface area contributed by atoms with E-state index in [0.717, 1.165) is 38.8 Å². The number of fused-ring (bicyclic) bond motifs is 1. The zero-order valence-corrected chi connectivity index (χ0v) is 27.6. The number of cyclic esters (lactones) is 1. The van der Waals surface area contributed by atoms with E-state index in [9.17, 15) is 9.59 Å². The largest absolute Gasteiger partial charge is 0.467 e. The predicted octanol–water partition coefficient (Wildman–Crippen LogP) is 4.55. The molecule has 12 nitrogen and oxygen atoms in total. The lowest BCUT2D eigenvalue weighted by Gasteiger charge is -2.26. The quantitative estimate of drug-likeness (QED) is 0.0950. The summed E-state index contributed by atoms with van der Waals surface area (Å²) in [5, 5.41) is 4.36. The average Bonchev–Trinajstić information content (AvgIpc) is 3.04. The number of rotatable bonds is 15. The number of amides is 1. The zero-order chi connectivity index (χ0) is 33.0. The smallest absolute Gasteiger partial charge is 0.342 e. The van der Waals surface area contributed by atoms with Crippen LogP contribution in [0, 0.1) is 0 Å². The molecule has 0 aromatic heterocycles. The van der Waals surface area contributed by atoms with E-state index in [2.05, 4.69) is 5.16 Å². The van der Waals surface area contributed by atoms with Crippen molar-refractivity contribution in [3.8, 4) is 11.5 Å². The molecule has 1 saturated heterocycles. The van der Waals surface area contributed by atoms with Gasteiger partial charge in [-0.05, 0) is 77.1 Å². The molecule has 0 bridgehead atoms. The maximum atomic E-state index is 13.7. The number of hydrogen-bond acceptors (Lipinski definition) is 11. The number of nitrogens with two attached hydrogens (primary N) is 1. The Morgan fingerprint density at radius 1 is 1.04 bits per heavy atom. The lowest BCUT2D eigenvalue weighted by molar-refractivity contribution is -0.137. The van der Waals surface area contributed by atoms with Crippen LogP contribution in [-0.4, -0.2) is 94.3 Å². The van der Waals surface area contributed by atoms with Gasteiger partial charge in [0.2, 0.25) is 0 Å². The summed E-state index contributed by atoms with van der Waals surface area (Å²) in [7, 11) is 0. The second-order valence-electron chi connectivity index (χ2n) is 11.0. The second-order valence-corrected chi connectivity index (χ2v) is 11.0. The molecule has 1 aromatic rings. The fourth-order valence-corrected chi connectivity index (χ4v) is 4.89. The summed E-state index contributed by atoms with van der Waals surface area (Å²) in [5.74, 6) is 0.0105. The molecular formula is C34H51N3O9. The van der Waals surface area contributed by atoms with Crippen molar-refractivity contribution in [3.05, 3.63) is 47.6 Å². The topological polar surface area (TPSA) is 140 Å². The number of esters is 1. The van der Waals surface area contributed by atoms with Gasteiger partial charge in [0, 0.05) is 51.8 Å². The third-order valence-electron chi connectivity index (χ3n) is 7.31. The van der Waals surface area contributed by atoms with Crippen LogP contribution < -0.4 is 15.2 Å². The number of nitrogens with zero attached hydrogens (tertiary/aromatic N) is 2. The molecule has 1 aromatic carbocycles. The van der Waals surface area contributed by atoms with Crippen LogP contribution in [0.5, 0.6) is 11.5 Å². The van der Waals surface area contributed by atoms with E-state index < -0.39 is 12.1 Å². The molecule has 1 fully saturated rings. The number of benzene rings is 1. The SMILES string of the molecule is CCOCOc1cc2c(c(OCOCC)c1)C(=O)O[C@H](C)C/C=C/C(OCCCN)C/C=C/C(=N/OCC(=O)N1CCCCC1)C2. The molecule has 2 atom stereocenters. The monoisotopic (exact) mass is 645 g/mol. The van der Waals surface area contributed by atoms with E-state index in [1.54, 1.807) is 17.0 Å². The maximum absolute atomic E-state index is 13.7. The highest BCUT2D eigenvalue weighted by molar-refractivity contribution is 6.00. The molecule has 0 radical (unpaired) electrons. The van der Waals surface area contributed by atoms with Crippen molar-refractivity contribution in [2.24, 2.45) is 10.9 Å². The van der Waals surface area contributed by atoms with E-state index in [1.165, 1.54) is 0 Å². The molecule has 2 N–H and O–H groups in total. The molecule has 256 valence electrons. The Hall–Kier alpha value is -3.45. The van der Waals surface area contributed by atoms with Gasteiger partial charge in [-0.3, -0.25) is 4.79 Å². The summed E-state index contributed by atoms with van der Waals surface area (Å²) in [5.41, 5.74) is 6.90. The van der Waals surface area contributed by atoms with Crippen LogP contribution >= 0.6 is 0 Å². The lowest BCUT2D eigenvalue weighted by Crippen LogP contribution is -2.37. The number of likely N-dealkylation sites (tertiary alicyclic amines) is 1. The van der Waals surface area contributed by atoms with Crippen LogP contribution in [0.15, 0.2) is 41.6 Å². The molecule has 1 amide bonds. The first-order valence-corrected chi connectivity index (χ1v) is 16.4. The summed E-state index contributed by atoms with van der Waals surface area (Å²) in [6.45, 7) is 8.73. The van der Waals surface area contributed by atoms with Crippen molar-refractivity contribution in [3.63, 3.8) is 0 Å². The third kappa shape index (κ3) is 13.1. The minimum atomic E-state index is -0.559. The maximum Gasteiger partial charge on any atom is 0.342 e. The molecular weight excluding hydrogens is 594 g/mol. The number of carbonyl (C=O) groups excluding carboxylic acids is 2. The van der Waals surface area contributed by atoms with Crippen molar-refractivity contribution < 1.29 is 42.8 Å². The van der Waals surface area contributed by atoms with Crippen LogP contribution in [0.1, 0.15) is 75.2 Å². The standard InChI is InChI=1S/C34H51N3O9/c1-4-40-24-43-30-21-27-20-28(36-45-23-32(38)37-17-7-6-8-18-37)13-10-15-29(42-19-11-16-35)14-9-12-26(3)46-34(39)33(27)31(22-30)44-25-41-5-2/h9-10,13-14,21-22,26,29H,4-8,11-12,15-20,23-25,35H2,1-3H3/b13-10+,14-9+,36-28-/t26-,29?/m1/s1. The second kappa shape index (κ2) is 21.4. The Balaban J connectivity index is 1.99. The van der Waals surface area contributed by atoms with Gasteiger partial charge in [0.25, 0.3) is 5.91 Å². The van der Waals surface area contributed by atoms with Gasteiger partial charge in [-0.1, -0.05) is 23.4 Å². The number of hydrogen-bond donors (Lipinski definition) is 1. The Morgan fingerprint density at radius 2 is 1.80 bits per heavy atom. The number of piperidine rings is 1. The number of allylic oxidation sites excluding steroid dienone is 1. The minimum Gasteiger partial charge on any atom is -0.467 e. The highest BCUT2D eigenvalue weighted by Crippen LogP contribution is 2.32. The number of ether oxygens (including phenoxy) is 6. The van der Waals surface area contributed by atoms with Crippen molar-refractivity contribution in [1.82, 2.24) is 4.90 Å². The lowest BCUT2D eigenvalue weighted by atomic mass is 9.99. The molecule has 0 spiro atoms. The molecule has 0 aliphatic carbocycles. The minimum absolute atomic E-state index is 0.0160. The summed E-state index contributed by atoms with van der Waals surface area (Å²) >= 11 is 0. The summed E-state index contributed by atoms with van der Waals surface area (Å²) in [6.07, 6.45) is 12.1. The van der Waals surface area contributed by atoms with Crippen LogP contribution in [-0.2, 0) is 35.0 Å². The van der Waals surface area contributed by atoms with Crippen molar-refractivity contribution in [2.45, 2.75) is 77.9 Å². The molecule has 2 aliphatic heterocycles. The Bertz CT molecular complexity index is 1160. The molecule has 12 heteroatoms. The fourth-order valence-electron chi connectivity index (χ4n) is 4.89. The van der Waals surface area contributed by atoms with Gasteiger partial charge >= 0.3 is 5.97 Å². The zero-order valence-electron chi connectivity index (χ0n) is 27.6. The van der Waals surface area contributed by atoms with Crippen LogP contribution in [0.2, 0.25) is 0 Å². The van der Waals surface area contributed by atoms with Gasteiger partial charge in [0.05, 0.1) is 11.8 Å². The van der Waals surface area contributed by atoms with E-state index >= 15 is 0 Å². The Kier molecular flexibility index (Phi) is 17.2. The van der Waals surface area contributed by atoms with E-state index in [0.29, 0.717) is 56.2 Å². The third-order valence-corrected chi connectivity index (χ3v) is 7.31. The summed E-state index contributed by atoms with van der Waals surface area (Å²) in [6, 6.07) is 3.36. The fraction of sp³-hybridized carbons (Fsp3) is 0.618. The number of oxime groups is 1. The predicted molar refractivity (Wildman–Crippen MR) is 174 cm³/mol. The van der Waals surface area contributed by atoms with Crippen LogP contribution in [0.3, 0.4) is 0 Å². The van der Waals surface area contributed by atoms with Crippen molar-refractivity contribution in [2.75, 3.05) is 59.6 Å². The van der Waals surface area contributed by atoms with Crippen molar-refractivity contribution in [1.29, 1.82) is 0 Å².